The summed E-state index contributed by atoms with van der Waals surface area (Å²) in [6, 6.07) is 8.07. The summed E-state index contributed by atoms with van der Waals surface area (Å²) in [5.41, 5.74) is 1.18. The van der Waals surface area contributed by atoms with Crippen LogP contribution < -0.4 is 4.74 Å². The third-order valence-corrected chi connectivity index (χ3v) is 2.22. The average Bonchev–Trinajstić information content (AvgIpc) is 2.04. The van der Waals surface area contributed by atoms with Gasteiger partial charge in [0.2, 0.25) is 0 Å². The number of fused-ring (bicyclic) bond motifs is 1. The van der Waals surface area contributed by atoms with E-state index in [0.29, 0.717) is 0 Å². The molecule has 0 bridgehead atoms. The molecule has 1 aliphatic rings. The second-order valence-electron chi connectivity index (χ2n) is 2.42. The van der Waals surface area contributed by atoms with E-state index in [1.165, 1.54) is 9.14 Å². The highest BCUT2D eigenvalue weighted by Crippen LogP contribution is 2.27. The summed E-state index contributed by atoms with van der Waals surface area (Å²) in [6.45, 7) is 0.720. The quantitative estimate of drug-likeness (QED) is 0.650. The molecule has 0 radical (unpaired) electrons. The number of hydrogen-bond acceptors (Lipinski definition) is 1. The minimum absolute atomic E-state index is 0.720. The van der Waals surface area contributed by atoms with Gasteiger partial charge in [-0.05, 0) is 34.7 Å². The number of benzene rings is 1. The maximum atomic E-state index is 5.46. The topological polar surface area (TPSA) is 9.23 Å². The predicted molar refractivity (Wildman–Crippen MR) is 53.9 cm³/mol. The van der Waals surface area contributed by atoms with Gasteiger partial charge in [0.05, 0.1) is 0 Å². The molecule has 1 heterocycles. The number of ether oxygens (including phenoxy) is 1. The van der Waals surface area contributed by atoms with Crippen LogP contribution in [0.2, 0.25) is 0 Å². The zero-order chi connectivity index (χ0) is 7.68. The second kappa shape index (κ2) is 2.85. The van der Waals surface area contributed by atoms with Crippen molar-refractivity contribution >= 4 is 28.7 Å². The van der Waals surface area contributed by atoms with E-state index in [1.807, 2.05) is 18.2 Å². The Kier molecular flexibility index (Phi) is 1.85. The van der Waals surface area contributed by atoms with E-state index in [4.69, 9.17) is 4.74 Å². The lowest BCUT2D eigenvalue weighted by molar-refractivity contribution is 0.357. The molecule has 1 nitrogen and oxygen atoms in total. The van der Waals surface area contributed by atoms with Gasteiger partial charge in [0.25, 0.3) is 0 Å². The van der Waals surface area contributed by atoms with E-state index in [1.54, 1.807) is 0 Å². The largest absolute Gasteiger partial charge is 0.488 e. The Labute approximate surface area is 79.2 Å². The van der Waals surface area contributed by atoms with Gasteiger partial charge in [-0.25, -0.2) is 0 Å². The maximum absolute atomic E-state index is 5.46. The first kappa shape index (κ1) is 7.16. The Morgan fingerprint density at radius 3 is 3.00 bits per heavy atom. The zero-order valence-electron chi connectivity index (χ0n) is 5.88. The van der Waals surface area contributed by atoms with E-state index in [2.05, 4.69) is 34.7 Å². The third-order valence-electron chi connectivity index (χ3n) is 1.60. The van der Waals surface area contributed by atoms with Crippen molar-refractivity contribution in [3.05, 3.63) is 33.4 Å². The fourth-order valence-corrected chi connectivity index (χ4v) is 1.58. The fraction of sp³-hybridized carbons (Fsp3) is 0.111. The van der Waals surface area contributed by atoms with Gasteiger partial charge >= 0.3 is 0 Å². The maximum Gasteiger partial charge on any atom is 0.127 e. The lowest BCUT2D eigenvalue weighted by atomic mass is 10.1. The summed E-state index contributed by atoms with van der Waals surface area (Å²) >= 11 is 2.29. The highest BCUT2D eigenvalue weighted by molar-refractivity contribution is 14.1. The molecule has 0 saturated heterocycles. The second-order valence-corrected chi connectivity index (χ2v) is 3.80. The van der Waals surface area contributed by atoms with Crippen molar-refractivity contribution < 1.29 is 4.74 Å². The highest BCUT2D eigenvalue weighted by atomic mass is 127. The van der Waals surface area contributed by atoms with E-state index in [0.717, 1.165) is 12.4 Å². The van der Waals surface area contributed by atoms with E-state index in [-0.39, 0.29) is 0 Å². The molecule has 0 amide bonds. The monoisotopic (exact) mass is 258 g/mol. The molecular formula is C9H7IO. The van der Waals surface area contributed by atoms with Crippen LogP contribution in [0.25, 0.3) is 6.08 Å². The molecule has 0 fully saturated rings. The van der Waals surface area contributed by atoms with Crippen LogP contribution in [0.5, 0.6) is 5.75 Å². The van der Waals surface area contributed by atoms with Crippen molar-refractivity contribution in [3.8, 4) is 5.75 Å². The van der Waals surface area contributed by atoms with Crippen LogP contribution in [-0.4, -0.2) is 6.61 Å². The molecule has 2 heteroatoms. The van der Waals surface area contributed by atoms with Gasteiger partial charge in [0, 0.05) is 9.14 Å². The van der Waals surface area contributed by atoms with Gasteiger partial charge in [-0.15, -0.1) is 0 Å². The minimum atomic E-state index is 0.720. The Morgan fingerprint density at radius 2 is 2.09 bits per heavy atom. The number of para-hydroxylation sites is 1. The van der Waals surface area contributed by atoms with Gasteiger partial charge < -0.3 is 4.74 Å². The molecule has 1 aliphatic heterocycles. The summed E-state index contributed by atoms with van der Waals surface area (Å²) < 4.78 is 6.71. The standard InChI is InChI=1S/C9H7IO/c10-8-5-7-3-1-2-4-9(7)11-6-8/h1-5H,6H2. The summed E-state index contributed by atoms with van der Waals surface area (Å²) in [5, 5.41) is 0. The van der Waals surface area contributed by atoms with Crippen molar-refractivity contribution in [3.63, 3.8) is 0 Å². The molecular weight excluding hydrogens is 251 g/mol. The smallest absolute Gasteiger partial charge is 0.127 e. The third kappa shape index (κ3) is 1.40. The average molecular weight is 258 g/mol. The van der Waals surface area contributed by atoms with E-state index < -0.39 is 0 Å². The van der Waals surface area contributed by atoms with Gasteiger partial charge in [-0.1, -0.05) is 18.2 Å². The number of halogens is 1. The Balaban J connectivity index is 2.51. The first-order chi connectivity index (χ1) is 5.36. The molecule has 56 valence electrons. The van der Waals surface area contributed by atoms with Crippen LogP contribution in [0.3, 0.4) is 0 Å². The summed E-state index contributed by atoms with van der Waals surface area (Å²) in [7, 11) is 0. The van der Waals surface area contributed by atoms with Crippen LogP contribution in [0.4, 0.5) is 0 Å². The first-order valence-corrected chi connectivity index (χ1v) is 4.52. The highest BCUT2D eigenvalue weighted by Gasteiger charge is 2.06. The summed E-state index contributed by atoms with van der Waals surface area (Å²) in [5.74, 6) is 0.993. The van der Waals surface area contributed by atoms with Crippen LogP contribution >= 0.6 is 22.6 Å². The lowest BCUT2D eigenvalue weighted by Crippen LogP contribution is -2.02. The Bertz CT molecular complexity index is 304. The summed E-state index contributed by atoms with van der Waals surface area (Å²) in [6.07, 6.45) is 2.15. The first-order valence-electron chi connectivity index (χ1n) is 3.44. The molecule has 0 aromatic heterocycles. The van der Waals surface area contributed by atoms with Gasteiger partial charge in [0.15, 0.2) is 0 Å². The van der Waals surface area contributed by atoms with Crippen molar-refractivity contribution in [2.24, 2.45) is 0 Å². The van der Waals surface area contributed by atoms with Gasteiger partial charge in [-0.3, -0.25) is 0 Å². The lowest BCUT2D eigenvalue weighted by Gasteiger charge is -2.13. The van der Waals surface area contributed by atoms with Crippen molar-refractivity contribution in [2.45, 2.75) is 0 Å². The fourth-order valence-electron chi connectivity index (χ4n) is 1.09. The number of hydrogen-bond donors (Lipinski definition) is 0. The molecule has 1 aromatic rings. The van der Waals surface area contributed by atoms with E-state index in [9.17, 15) is 0 Å². The van der Waals surface area contributed by atoms with E-state index >= 15 is 0 Å². The Hall–Kier alpha value is -0.510. The van der Waals surface area contributed by atoms with Crippen LogP contribution in [-0.2, 0) is 0 Å². The van der Waals surface area contributed by atoms with Crippen LogP contribution in [0.15, 0.2) is 27.8 Å². The molecule has 0 unspecified atom stereocenters. The van der Waals surface area contributed by atoms with Crippen LogP contribution in [0.1, 0.15) is 5.56 Å². The molecule has 2 rings (SSSR count). The summed E-state index contributed by atoms with van der Waals surface area (Å²) in [4.78, 5) is 0. The van der Waals surface area contributed by atoms with Crippen LogP contribution in [0, 0.1) is 0 Å². The SMILES string of the molecule is IC1=Cc2ccccc2OC1. The Morgan fingerprint density at radius 1 is 1.27 bits per heavy atom. The molecule has 11 heavy (non-hydrogen) atoms. The molecule has 0 atom stereocenters. The molecule has 0 aliphatic carbocycles. The molecule has 0 N–H and O–H groups in total. The van der Waals surface area contributed by atoms with Gasteiger partial charge in [-0.2, -0.15) is 0 Å². The van der Waals surface area contributed by atoms with Crippen molar-refractivity contribution in [2.75, 3.05) is 6.61 Å². The van der Waals surface area contributed by atoms with Crippen molar-refractivity contribution in [1.82, 2.24) is 0 Å². The number of rotatable bonds is 0. The van der Waals surface area contributed by atoms with Crippen molar-refractivity contribution in [1.29, 1.82) is 0 Å². The molecule has 1 aromatic carbocycles. The molecule has 0 saturated carbocycles. The molecule has 0 spiro atoms. The minimum Gasteiger partial charge on any atom is -0.488 e. The zero-order valence-corrected chi connectivity index (χ0v) is 8.04. The predicted octanol–water partition coefficient (Wildman–Crippen LogP) is 2.85. The van der Waals surface area contributed by atoms with Gasteiger partial charge in [0.1, 0.15) is 12.4 Å². The normalized spacial score (nSPS) is 14.8.